The van der Waals surface area contributed by atoms with Gasteiger partial charge in [-0.2, -0.15) is 5.26 Å². The number of piperazine rings is 1. The summed E-state index contributed by atoms with van der Waals surface area (Å²) in [5.74, 6) is 1.54. The summed E-state index contributed by atoms with van der Waals surface area (Å²) in [6, 6.07) is 15.5. The second-order valence-electron chi connectivity index (χ2n) is 17.5. The first-order valence-electron chi connectivity index (χ1n) is 21.3. The number of nitriles is 1. The molecule has 4 aromatic rings. The van der Waals surface area contributed by atoms with Gasteiger partial charge in [-0.3, -0.25) is 14.4 Å². The van der Waals surface area contributed by atoms with Gasteiger partial charge in [0.25, 0.3) is 0 Å². The summed E-state index contributed by atoms with van der Waals surface area (Å²) in [6.07, 6.45) is 8.18. The Kier molecular flexibility index (Phi) is 11.0. The Morgan fingerprint density at radius 2 is 1.81 bits per heavy atom. The molecule has 4 heterocycles. The molecular weight excluding hydrogens is 727 g/mol. The number of aryl methyl sites for hydroxylation is 2. The number of anilines is 2. The third-order valence-corrected chi connectivity index (χ3v) is 13.6. The van der Waals surface area contributed by atoms with Gasteiger partial charge >= 0.3 is 0 Å². The highest BCUT2D eigenvalue weighted by Crippen LogP contribution is 2.46. The molecule has 12 heteroatoms. The number of hydrogen-bond donors (Lipinski definition) is 4. The zero-order valence-electron chi connectivity index (χ0n) is 34.2. The average molecular weight is 784 g/mol. The van der Waals surface area contributed by atoms with E-state index in [0.29, 0.717) is 54.7 Å². The average Bonchev–Trinajstić information content (AvgIpc) is 3.73. The molecule has 8 rings (SSSR count). The molecular formula is C46H57N9O3. The molecule has 3 fully saturated rings. The number of fused-ring (bicyclic) bond motifs is 6. The first kappa shape index (κ1) is 39.6. The van der Waals surface area contributed by atoms with Gasteiger partial charge in [0, 0.05) is 91.2 Å². The Labute approximate surface area is 341 Å². The van der Waals surface area contributed by atoms with Crippen molar-refractivity contribution in [3.8, 4) is 6.07 Å². The lowest BCUT2D eigenvalue weighted by atomic mass is 9.70. The number of carbonyl (C=O) groups is 3. The summed E-state index contributed by atoms with van der Waals surface area (Å²) in [4.78, 5) is 55.2. The molecule has 0 radical (unpaired) electrons. The third-order valence-electron chi connectivity index (χ3n) is 13.6. The molecule has 4 aliphatic rings. The van der Waals surface area contributed by atoms with E-state index in [1.54, 1.807) is 12.3 Å². The van der Waals surface area contributed by atoms with Crippen molar-refractivity contribution in [2.24, 2.45) is 17.6 Å². The number of piperidine rings is 1. The molecule has 0 spiro atoms. The molecule has 2 saturated heterocycles. The number of nitrogens with zero attached hydrogens (tertiary/aromatic N) is 5. The van der Waals surface area contributed by atoms with E-state index in [1.807, 2.05) is 29.2 Å². The van der Waals surface area contributed by atoms with Gasteiger partial charge in [0.1, 0.15) is 5.82 Å². The molecule has 2 aliphatic heterocycles. The van der Waals surface area contributed by atoms with Crippen LogP contribution in [0.5, 0.6) is 0 Å². The van der Waals surface area contributed by atoms with Crippen molar-refractivity contribution >= 4 is 40.0 Å². The van der Waals surface area contributed by atoms with Gasteiger partial charge in [-0.25, -0.2) is 4.98 Å². The van der Waals surface area contributed by atoms with Crippen LogP contribution in [-0.2, 0) is 27.8 Å². The normalized spacial score (nSPS) is 21.7. The number of rotatable bonds is 12. The molecule has 12 nitrogen and oxygen atoms in total. The predicted molar refractivity (Wildman–Crippen MR) is 227 cm³/mol. The molecule has 2 unspecified atom stereocenters. The number of nitrogen functional groups attached to an aromatic ring is 1. The van der Waals surface area contributed by atoms with Crippen LogP contribution in [0.1, 0.15) is 103 Å². The van der Waals surface area contributed by atoms with Gasteiger partial charge in [-0.15, -0.1) is 0 Å². The molecule has 2 aliphatic carbocycles. The van der Waals surface area contributed by atoms with Gasteiger partial charge in [0.15, 0.2) is 5.78 Å². The van der Waals surface area contributed by atoms with Crippen molar-refractivity contribution < 1.29 is 14.4 Å². The molecule has 6 N–H and O–H groups in total. The Morgan fingerprint density at radius 1 is 1.05 bits per heavy atom. The number of hydrogen-bond acceptors (Lipinski definition) is 9. The van der Waals surface area contributed by atoms with Crippen molar-refractivity contribution in [3.63, 3.8) is 0 Å². The number of pyridine rings is 1. The third kappa shape index (κ3) is 7.46. The molecule has 2 aromatic carbocycles. The van der Waals surface area contributed by atoms with Crippen LogP contribution in [0.4, 0.5) is 11.5 Å². The number of nitrogens with one attached hydrogen (secondary N) is 2. The molecule has 1 saturated carbocycles. The highest BCUT2D eigenvalue weighted by atomic mass is 16.2. The van der Waals surface area contributed by atoms with Gasteiger partial charge in [-0.05, 0) is 110 Å². The topological polar surface area (TPSA) is 177 Å². The smallest absolute Gasteiger partial charge is 0.237 e. The van der Waals surface area contributed by atoms with E-state index in [4.69, 9.17) is 11.5 Å². The highest BCUT2D eigenvalue weighted by Gasteiger charge is 2.43. The summed E-state index contributed by atoms with van der Waals surface area (Å²) in [5, 5.41) is 13.6. The number of aromatic amines is 1. The molecule has 2 aromatic heterocycles. The van der Waals surface area contributed by atoms with Crippen molar-refractivity contribution in [2.75, 3.05) is 56.4 Å². The number of nitrogens with two attached hydrogens (primary N) is 2. The van der Waals surface area contributed by atoms with E-state index in [0.717, 1.165) is 116 Å². The van der Waals surface area contributed by atoms with Gasteiger partial charge in [-0.1, -0.05) is 32.9 Å². The second kappa shape index (κ2) is 16.2. The molecule has 58 heavy (non-hydrogen) atoms. The summed E-state index contributed by atoms with van der Waals surface area (Å²) in [7, 11) is 0. The fourth-order valence-corrected chi connectivity index (χ4v) is 10.3. The minimum absolute atomic E-state index is 0.0245. The van der Waals surface area contributed by atoms with Crippen molar-refractivity contribution in [2.45, 2.75) is 89.6 Å². The van der Waals surface area contributed by atoms with Crippen LogP contribution in [-0.4, -0.2) is 95.3 Å². The SMILES string of the molecule is CCc1cc2c(cc1N1CCN(C(=O)CCCN3CC4CCC(C3)C4NC(=O)[C@@H](N)CCCc3cccnc3N)CC1)C(C)(C)c1[nH]c3cc(C#N)ccc3c1C2=O. The summed E-state index contributed by atoms with van der Waals surface area (Å²) in [5.41, 5.74) is 19.8. The second-order valence-corrected chi connectivity index (χ2v) is 17.5. The maximum atomic E-state index is 14.1. The van der Waals surface area contributed by atoms with Crippen LogP contribution in [0.2, 0.25) is 0 Å². The van der Waals surface area contributed by atoms with Crippen LogP contribution in [0, 0.1) is 23.2 Å². The lowest BCUT2D eigenvalue weighted by Gasteiger charge is -2.40. The number of carbonyl (C=O) groups excluding carboxylic acids is 3. The molecule has 2 amide bonds. The Bertz CT molecular complexity index is 2250. The zero-order valence-corrected chi connectivity index (χ0v) is 34.2. The van der Waals surface area contributed by atoms with Crippen molar-refractivity contribution in [3.05, 3.63) is 87.7 Å². The zero-order chi connectivity index (χ0) is 40.7. The Hall–Kier alpha value is -5.25. The summed E-state index contributed by atoms with van der Waals surface area (Å²) < 4.78 is 0. The van der Waals surface area contributed by atoms with E-state index in [1.165, 1.54) is 0 Å². The standard InChI is InChI=1S/C46H57N9O3/c1-4-29-23-34-35(46(2,3)43-40(42(34)57)33-15-12-28(25-47)22-37(33)51-43)24-38(29)54-18-20-55(21-19-54)39(56)11-7-17-53-26-31-13-14-32(27-53)41(31)52-45(58)36(48)10-5-8-30-9-6-16-50-44(30)49/h6,9,12,15-16,22-24,31-32,36,41,51H,4-5,7-8,10-11,13-14,17-21,26-27,48H2,1-3H3,(H2,49,50)(H,52,58)/t31?,32?,36-,41?/m0/s1. The fraction of sp³-hybridized carbons (Fsp3) is 0.500. The lowest BCUT2D eigenvalue weighted by molar-refractivity contribution is -0.131. The van der Waals surface area contributed by atoms with E-state index >= 15 is 0 Å². The monoisotopic (exact) mass is 783 g/mol. The summed E-state index contributed by atoms with van der Waals surface area (Å²) in [6.45, 7) is 12.1. The maximum absolute atomic E-state index is 14.1. The number of amides is 2. The minimum Gasteiger partial charge on any atom is -0.383 e. The lowest BCUT2D eigenvalue weighted by Crippen LogP contribution is -2.55. The number of ketones is 1. The largest absolute Gasteiger partial charge is 0.383 e. The van der Waals surface area contributed by atoms with Crippen LogP contribution < -0.4 is 21.7 Å². The van der Waals surface area contributed by atoms with Gasteiger partial charge in [0.2, 0.25) is 11.8 Å². The maximum Gasteiger partial charge on any atom is 0.237 e. The highest BCUT2D eigenvalue weighted by molar-refractivity contribution is 6.20. The Morgan fingerprint density at radius 3 is 2.52 bits per heavy atom. The molecule has 304 valence electrons. The quantitative estimate of drug-likeness (QED) is 0.153. The van der Waals surface area contributed by atoms with Crippen LogP contribution in [0.25, 0.3) is 10.9 Å². The van der Waals surface area contributed by atoms with Crippen LogP contribution in [0.3, 0.4) is 0 Å². The van der Waals surface area contributed by atoms with Gasteiger partial charge < -0.3 is 36.5 Å². The number of benzene rings is 2. The minimum atomic E-state index is -0.538. The number of H-pyrrole nitrogens is 1. The van der Waals surface area contributed by atoms with Crippen LogP contribution in [0.15, 0.2) is 48.7 Å². The first-order chi connectivity index (χ1) is 28.0. The van der Waals surface area contributed by atoms with E-state index in [2.05, 4.69) is 64.1 Å². The predicted octanol–water partition coefficient (Wildman–Crippen LogP) is 5.06. The van der Waals surface area contributed by atoms with E-state index < -0.39 is 11.5 Å². The molecule has 3 atom stereocenters. The molecule has 2 bridgehead atoms. The van der Waals surface area contributed by atoms with Gasteiger partial charge in [0.05, 0.1) is 23.2 Å². The van der Waals surface area contributed by atoms with Crippen molar-refractivity contribution in [1.82, 2.24) is 25.1 Å². The fourth-order valence-electron chi connectivity index (χ4n) is 10.3. The van der Waals surface area contributed by atoms with Crippen LogP contribution >= 0.6 is 0 Å². The number of likely N-dealkylation sites (tertiary alicyclic amines) is 1. The Balaban J connectivity index is 0.815. The van der Waals surface area contributed by atoms with Crippen molar-refractivity contribution in [1.29, 1.82) is 5.26 Å². The first-order valence-corrected chi connectivity index (χ1v) is 21.3. The van der Waals surface area contributed by atoms with E-state index in [9.17, 15) is 19.6 Å². The summed E-state index contributed by atoms with van der Waals surface area (Å²) >= 11 is 0. The van der Waals surface area contributed by atoms with E-state index in [-0.39, 0.29) is 23.6 Å². The number of aromatic nitrogens is 2.